The number of aromatic amines is 1. The molecule has 2 heterocycles. The van der Waals surface area contributed by atoms with Gasteiger partial charge in [-0.1, -0.05) is 18.2 Å². The van der Waals surface area contributed by atoms with E-state index in [0.29, 0.717) is 41.4 Å². The first-order valence-corrected chi connectivity index (χ1v) is 10.3. The third-order valence-electron chi connectivity index (χ3n) is 5.38. The SMILES string of the molecule is CCOC(=O)C1=CN(C(=O)Nc2cc(OC)ccc2OC)CCc2c1[nH]c1ccccc21. The van der Waals surface area contributed by atoms with Crippen molar-refractivity contribution in [1.82, 2.24) is 9.88 Å². The number of hydrogen-bond donors (Lipinski definition) is 2. The van der Waals surface area contributed by atoms with E-state index < -0.39 is 12.0 Å². The van der Waals surface area contributed by atoms with Gasteiger partial charge in [0.15, 0.2) is 0 Å². The Labute approximate surface area is 185 Å². The standard InChI is InChI=1S/C24H25N3O5/c1-4-32-23(28)18-14-27(12-11-17-16-7-5-6-8-19(16)25-22(17)18)24(29)26-20-13-15(30-2)9-10-21(20)31-3/h5-10,13-14,25H,4,11-12H2,1-3H3,(H,26,29). The van der Waals surface area contributed by atoms with Crippen LogP contribution in [0.2, 0.25) is 0 Å². The largest absolute Gasteiger partial charge is 0.497 e. The number of nitrogens with one attached hydrogen (secondary N) is 2. The molecule has 2 amide bonds. The molecule has 0 saturated carbocycles. The number of methoxy groups -OCH3 is 2. The third-order valence-corrected chi connectivity index (χ3v) is 5.38. The van der Waals surface area contributed by atoms with Gasteiger partial charge in [0, 0.05) is 29.7 Å². The second-order valence-electron chi connectivity index (χ2n) is 7.23. The monoisotopic (exact) mass is 435 g/mol. The van der Waals surface area contributed by atoms with Gasteiger partial charge in [-0.25, -0.2) is 9.59 Å². The summed E-state index contributed by atoms with van der Waals surface area (Å²) in [6.45, 7) is 2.37. The average molecular weight is 435 g/mol. The summed E-state index contributed by atoms with van der Waals surface area (Å²) in [6, 6.07) is 12.6. The maximum atomic E-state index is 13.2. The Morgan fingerprint density at radius 3 is 2.69 bits per heavy atom. The van der Waals surface area contributed by atoms with Crippen LogP contribution in [0.3, 0.4) is 0 Å². The van der Waals surface area contributed by atoms with Crippen LogP contribution in [0, 0.1) is 0 Å². The average Bonchev–Trinajstić information content (AvgIpc) is 3.06. The fraction of sp³-hybridized carbons (Fsp3) is 0.250. The summed E-state index contributed by atoms with van der Waals surface area (Å²) in [5.74, 6) is 0.597. The number of aromatic nitrogens is 1. The summed E-state index contributed by atoms with van der Waals surface area (Å²) >= 11 is 0. The van der Waals surface area contributed by atoms with E-state index in [4.69, 9.17) is 14.2 Å². The van der Waals surface area contributed by atoms with E-state index in [1.807, 2.05) is 24.3 Å². The second kappa shape index (κ2) is 9.05. The van der Waals surface area contributed by atoms with E-state index in [0.717, 1.165) is 16.5 Å². The molecule has 8 heteroatoms. The van der Waals surface area contributed by atoms with Crippen LogP contribution in [0.25, 0.3) is 16.5 Å². The zero-order valence-electron chi connectivity index (χ0n) is 18.2. The van der Waals surface area contributed by atoms with Gasteiger partial charge < -0.3 is 24.5 Å². The Hall–Kier alpha value is -3.94. The number of rotatable bonds is 5. The summed E-state index contributed by atoms with van der Waals surface area (Å²) in [6.07, 6.45) is 2.11. The van der Waals surface area contributed by atoms with Gasteiger partial charge in [0.25, 0.3) is 0 Å². The number of esters is 1. The fourth-order valence-electron chi connectivity index (χ4n) is 3.83. The minimum absolute atomic E-state index is 0.235. The maximum Gasteiger partial charge on any atom is 0.341 e. The van der Waals surface area contributed by atoms with E-state index in [1.165, 1.54) is 12.0 Å². The molecule has 0 radical (unpaired) electrons. The summed E-state index contributed by atoms with van der Waals surface area (Å²) in [5.41, 5.74) is 3.37. The molecule has 0 aliphatic carbocycles. The Morgan fingerprint density at radius 2 is 1.94 bits per heavy atom. The molecular weight excluding hydrogens is 410 g/mol. The van der Waals surface area contributed by atoms with Gasteiger partial charge in [0.05, 0.1) is 37.8 Å². The Bertz CT molecular complexity index is 1200. The molecule has 0 spiro atoms. The van der Waals surface area contributed by atoms with Crippen molar-refractivity contribution in [3.05, 3.63) is 59.9 Å². The molecule has 32 heavy (non-hydrogen) atoms. The van der Waals surface area contributed by atoms with Crippen molar-refractivity contribution in [3.8, 4) is 11.5 Å². The van der Waals surface area contributed by atoms with Gasteiger partial charge in [-0.3, -0.25) is 4.90 Å². The van der Waals surface area contributed by atoms with Crippen LogP contribution >= 0.6 is 0 Å². The summed E-state index contributed by atoms with van der Waals surface area (Å²) in [7, 11) is 3.08. The molecule has 2 aromatic carbocycles. The predicted molar refractivity (Wildman–Crippen MR) is 122 cm³/mol. The Morgan fingerprint density at radius 1 is 1.12 bits per heavy atom. The van der Waals surface area contributed by atoms with E-state index in [9.17, 15) is 9.59 Å². The number of urea groups is 1. The number of fused-ring (bicyclic) bond motifs is 3. The summed E-state index contributed by atoms with van der Waals surface area (Å²) in [5, 5.41) is 3.88. The zero-order chi connectivity index (χ0) is 22.7. The number of nitrogens with zero attached hydrogens (tertiary/aromatic N) is 1. The number of ether oxygens (including phenoxy) is 3. The molecule has 0 unspecified atom stereocenters. The van der Waals surface area contributed by atoms with Crippen molar-refractivity contribution >= 4 is 34.2 Å². The van der Waals surface area contributed by atoms with Gasteiger partial charge in [-0.05, 0) is 37.1 Å². The molecule has 166 valence electrons. The van der Waals surface area contributed by atoms with Crippen molar-refractivity contribution < 1.29 is 23.8 Å². The lowest BCUT2D eigenvalue weighted by Crippen LogP contribution is -2.32. The molecule has 0 fully saturated rings. The van der Waals surface area contributed by atoms with E-state index in [1.54, 1.807) is 38.4 Å². The Kier molecular flexibility index (Phi) is 6.02. The lowest BCUT2D eigenvalue weighted by Gasteiger charge is -2.20. The van der Waals surface area contributed by atoms with E-state index in [2.05, 4.69) is 10.3 Å². The van der Waals surface area contributed by atoms with Crippen molar-refractivity contribution in [2.24, 2.45) is 0 Å². The number of carbonyl (C=O) groups is 2. The fourth-order valence-corrected chi connectivity index (χ4v) is 3.83. The third kappa shape index (κ3) is 3.99. The number of carbonyl (C=O) groups excluding carboxylic acids is 2. The molecule has 1 aliphatic heterocycles. The molecule has 1 aliphatic rings. The molecule has 0 atom stereocenters. The normalized spacial score (nSPS) is 13.1. The number of para-hydroxylation sites is 1. The van der Waals surface area contributed by atoms with Crippen LogP contribution in [0.15, 0.2) is 48.7 Å². The first-order chi connectivity index (χ1) is 15.5. The van der Waals surface area contributed by atoms with Crippen molar-refractivity contribution in [1.29, 1.82) is 0 Å². The second-order valence-corrected chi connectivity index (χ2v) is 7.23. The topological polar surface area (TPSA) is 92.9 Å². The van der Waals surface area contributed by atoms with Gasteiger partial charge in [0.1, 0.15) is 11.5 Å². The molecule has 8 nitrogen and oxygen atoms in total. The molecule has 0 saturated heterocycles. The molecule has 2 N–H and O–H groups in total. The first kappa shape index (κ1) is 21.3. The Balaban J connectivity index is 1.70. The van der Waals surface area contributed by atoms with Crippen LogP contribution in [-0.4, -0.2) is 49.3 Å². The highest BCUT2D eigenvalue weighted by atomic mass is 16.5. The molecule has 1 aromatic heterocycles. The van der Waals surface area contributed by atoms with E-state index >= 15 is 0 Å². The molecular formula is C24H25N3O5. The highest BCUT2D eigenvalue weighted by Gasteiger charge is 2.27. The molecule has 3 aromatic rings. The zero-order valence-corrected chi connectivity index (χ0v) is 18.2. The van der Waals surface area contributed by atoms with Gasteiger partial charge in [0.2, 0.25) is 0 Å². The number of amides is 2. The number of anilines is 1. The number of hydrogen-bond acceptors (Lipinski definition) is 5. The predicted octanol–water partition coefficient (Wildman–Crippen LogP) is 4.18. The van der Waals surface area contributed by atoms with Crippen molar-refractivity contribution in [3.63, 3.8) is 0 Å². The number of benzene rings is 2. The van der Waals surface area contributed by atoms with Gasteiger partial charge in [-0.2, -0.15) is 0 Å². The molecule has 4 rings (SSSR count). The lowest BCUT2D eigenvalue weighted by atomic mass is 10.0. The maximum absolute atomic E-state index is 13.2. The summed E-state index contributed by atoms with van der Waals surface area (Å²) < 4.78 is 15.9. The number of H-pyrrole nitrogens is 1. The van der Waals surface area contributed by atoms with Crippen molar-refractivity contribution in [2.75, 3.05) is 32.7 Å². The van der Waals surface area contributed by atoms with Gasteiger partial charge >= 0.3 is 12.0 Å². The van der Waals surface area contributed by atoms with Crippen LogP contribution < -0.4 is 14.8 Å². The van der Waals surface area contributed by atoms with Crippen LogP contribution in [0.5, 0.6) is 11.5 Å². The quantitative estimate of drug-likeness (QED) is 0.587. The molecule has 0 bridgehead atoms. The van der Waals surface area contributed by atoms with Gasteiger partial charge in [-0.15, -0.1) is 0 Å². The first-order valence-electron chi connectivity index (χ1n) is 10.3. The minimum Gasteiger partial charge on any atom is -0.497 e. The van der Waals surface area contributed by atoms with Crippen molar-refractivity contribution in [2.45, 2.75) is 13.3 Å². The van der Waals surface area contributed by atoms with Crippen LogP contribution in [0.1, 0.15) is 18.2 Å². The van der Waals surface area contributed by atoms with Crippen LogP contribution in [0.4, 0.5) is 10.5 Å². The smallest absolute Gasteiger partial charge is 0.341 e. The van der Waals surface area contributed by atoms with Crippen LogP contribution in [-0.2, 0) is 16.0 Å². The summed E-state index contributed by atoms with van der Waals surface area (Å²) in [4.78, 5) is 30.8. The highest BCUT2D eigenvalue weighted by Crippen LogP contribution is 2.33. The van der Waals surface area contributed by atoms with E-state index in [-0.39, 0.29) is 6.61 Å². The highest BCUT2D eigenvalue weighted by molar-refractivity contribution is 6.18. The lowest BCUT2D eigenvalue weighted by molar-refractivity contribution is -0.136. The minimum atomic E-state index is -0.487.